The van der Waals surface area contributed by atoms with Crippen molar-refractivity contribution < 1.29 is 9.53 Å². The Labute approximate surface area is 78.6 Å². The fourth-order valence-electron chi connectivity index (χ4n) is 1.64. The maximum atomic E-state index is 10.4. The fraction of sp³-hybridized carbons (Fsp3) is 0.889. The third-order valence-corrected chi connectivity index (χ3v) is 2.43. The fourth-order valence-corrected chi connectivity index (χ4v) is 1.64. The first-order valence-corrected chi connectivity index (χ1v) is 4.85. The minimum atomic E-state index is -0.315. The van der Waals surface area contributed by atoms with E-state index in [1.54, 1.807) is 0 Å². The molecule has 76 valence electrons. The van der Waals surface area contributed by atoms with E-state index >= 15 is 0 Å². The Morgan fingerprint density at radius 2 is 2.08 bits per heavy atom. The van der Waals surface area contributed by atoms with Gasteiger partial charge in [0.1, 0.15) is 0 Å². The summed E-state index contributed by atoms with van der Waals surface area (Å²) in [5, 5.41) is 0. The van der Waals surface area contributed by atoms with Crippen LogP contribution in [0.3, 0.4) is 0 Å². The molecule has 2 unspecified atom stereocenters. The van der Waals surface area contributed by atoms with Crippen LogP contribution in [-0.4, -0.2) is 24.7 Å². The Kier molecular flexibility index (Phi) is 4.18. The molecule has 13 heavy (non-hydrogen) atoms. The van der Waals surface area contributed by atoms with Crippen LogP contribution in [0.2, 0.25) is 0 Å². The first kappa shape index (κ1) is 10.5. The van der Waals surface area contributed by atoms with Gasteiger partial charge in [-0.3, -0.25) is 4.79 Å². The quantitative estimate of drug-likeness (QED) is 0.656. The van der Waals surface area contributed by atoms with E-state index in [-0.39, 0.29) is 18.1 Å². The average molecular weight is 186 g/mol. The van der Waals surface area contributed by atoms with E-state index in [1.165, 1.54) is 12.8 Å². The molecule has 1 aliphatic carbocycles. The van der Waals surface area contributed by atoms with Gasteiger partial charge in [0.2, 0.25) is 5.91 Å². The zero-order valence-electron chi connectivity index (χ0n) is 7.87. The summed E-state index contributed by atoms with van der Waals surface area (Å²) in [4.78, 5) is 10.4. The Balaban J connectivity index is 2.15. The number of ether oxygens (including phenoxy) is 1. The van der Waals surface area contributed by atoms with Crippen LogP contribution in [0.15, 0.2) is 0 Å². The van der Waals surface area contributed by atoms with Crippen LogP contribution >= 0.6 is 0 Å². The highest BCUT2D eigenvalue weighted by Gasteiger charge is 2.21. The van der Waals surface area contributed by atoms with Crippen molar-refractivity contribution in [3.05, 3.63) is 0 Å². The molecule has 2 atom stereocenters. The van der Waals surface area contributed by atoms with Gasteiger partial charge in [-0.15, -0.1) is 0 Å². The van der Waals surface area contributed by atoms with E-state index in [9.17, 15) is 4.79 Å². The predicted octanol–water partition coefficient (Wildman–Crippen LogP) is 0.148. The number of carbonyl (C=O) groups is 1. The average Bonchev–Trinajstić information content (AvgIpc) is 2.08. The van der Waals surface area contributed by atoms with E-state index in [4.69, 9.17) is 16.2 Å². The molecule has 0 aromatic heterocycles. The van der Waals surface area contributed by atoms with E-state index in [0.29, 0.717) is 13.0 Å². The molecule has 0 spiro atoms. The molecule has 4 heteroatoms. The van der Waals surface area contributed by atoms with Crippen molar-refractivity contribution in [2.24, 2.45) is 11.5 Å². The normalized spacial score (nSPS) is 28.7. The second-order valence-electron chi connectivity index (χ2n) is 3.57. The Hall–Kier alpha value is -0.610. The van der Waals surface area contributed by atoms with Gasteiger partial charge in [0, 0.05) is 12.5 Å². The molecule has 1 aliphatic rings. The lowest BCUT2D eigenvalue weighted by atomic mass is 9.93. The highest BCUT2D eigenvalue weighted by Crippen LogP contribution is 2.19. The highest BCUT2D eigenvalue weighted by molar-refractivity contribution is 5.73. The third-order valence-electron chi connectivity index (χ3n) is 2.43. The SMILES string of the molecule is NC(=O)CCOC1CCCCC1N. The van der Waals surface area contributed by atoms with Gasteiger partial charge in [-0.1, -0.05) is 12.8 Å². The molecule has 0 aromatic carbocycles. The van der Waals surface area contributed by atoms with E-state index in [1.807, 2.05) is 0 Å². The zero-order valence-corrected chi connectivity index (χ0v) is 7.87. The van der Waals surface area contributed by atoms with Crippen LogP contribution < -0.4 is 11.5 Å². The van der Waals surface area contributed by atoms with Gasteiger partial charge in [0.25, 0.3) is 0 Å². The molecule has 1 rings (SSSR count). The monoisotopic (exact) mass is 186 g/mol. The Morgan fingerprint density at radius 3 is 2.69 bits per heavy atom. The minimum absolute atomic E-state index is 0.132. The van der Waals surface area contributed by atoms with E-state index in [0.717, 1.165) is 12.8 Å². The first-order valence-electron chi connectivity index (χ1n) is 4.85. The number of hydrogen-bond acceptors (Lipinski definition) is 3. The van der Waals surface area contributed by atoms with Crippen molar-refractivity contribution in [3.8, 4) is 0 Å². The van der Waals surface area contributed by atoms with Crippen LogP contribution in [-0.2, 0) is 9.53 Å². The number of carbonyl (C=O) groups excluding carboxylic acids is 1. The van der Waals surface area contributed by atoms with Crippen LogP contribution in [0, 0.1) is 0 Å². The summed E-state index contributed by atoms with van der Waals surface area (Å²) >= 11 is 0. The number of rotatable bonds is 4. The van der Waals surface area contributed by atoms with Crippen molar-refractivity contribution >= 4 is 5.91 Å². The molecular weight excluding hydrogens is 168 g/mol. The molecule has 4 nitrogen and oxygen atoms in total. The van der Waals surface area contributed by atoms with Gasteiger partial charge in [0.05, 0.1) is 12.7 Å². The van der Waals surface area contributed by atoms with Crippen LogP contribution in [0.25, 0.3) is 0 Å². The maximum Gasteiger partial charge on any atom is 0.219 e. The summed E-state index contributed by atoms with van der Waals surface area (Å²) in [6.45, 7) is 0.410. The Bertz CT molecular complexity index is 173. The van der Waals surface area contributed by atoms with Crippen LogP contribution in [0.5, 0.6) is 0 Å². The third kappa shape index (κ3) is 3.74. The zero-order chi connectivity index (χ0) is 9.68. The maximum absolute atomic E-state index is 10.4. The highest BCUT2D eigenvalue weighted by atomic mass is 16.5. The lowest BCUT2D eigenvalue weighted by molar-refractivity contribution is -0.119. The van der Waals surface area contributed by atoms with E-state index < -0.39 is 0 Å². The molecule has 0 bridgehead atoms. The van der Waals surface area contributed by atoms with Crippen molar-refractivity contribution in [2.45, 2.75) is 44.2 Å². The second kappa shape index (κ2) is 5.19. The van der Waals surface area contributed by atoms with Crippen LogP contribution in [0.1, 0.15) is 32.1 Å². The molecule has 0 aromatic rings. The predicted molar refractivity (Wildman–Crippen MR) is 50.0 cm³/mol. The van der Waals surface area contributed by atoms with Gasteiger partial charge < -0.3 is 16.2 Å². The first-order chi connectivity index (χ1) is 6.20. The van der Waals surface area contributed by atoms with Crippen molar-refractivity contribution in [3.63, 3.8) is 0 Å². The van der Waals surface area contributed by atoms with Gasteiger partial charge in [-0.05, 0) is 12.8 Å². The molecule has 1 fully saturated rings. The molecule has 0 radical (unpaired) electrons. The van der Waals surface area contributed by atoms with Gasteiger partial charge in [0.15, 0.2) is 0 Å². The largest absolute Gasteiger partial charge is 0.376 e. The molecule has 0 aliphatic heterocycles. The van der Waals surface area contributed by atoms with Gasteiger partial charge >= 0.3 is 0 Å². The van der Waals surface area contributed by atoms with Crippen molar-refractivity contribution in [1.82, 2.24) is 0 Å². The summed E-state index contributed by atoms with van der Waals surface area (Å²) in [7, 11) is 0. The number of nitrogens with two attached hydrogens (primary N) is 2. The number of amides is 1. The number of primary amides is 1. The number of hydrogen-bond donors (Lipinski definition) is 2. The standard InChI is InChI=1S/C9H18N2O2/c10-7-3-1-2-4-8(7)13-6-5-9(11)12/h7-8H,1-6,10H2,(H2,11,12). The van der Waals surface area contributed by atoms with E-state index in [2.05, 4.69) is 0 Å². The second-order valence-corrected chi connectivity index (χ2v) is 3.57. The van der Waals surface area contributed by atoms with Crippen molar-refractivity contribution in [2.75, 3.05) is 6.61 Å². The summed E-state index contributed by atoms with van der Waals surface area (Å²) in [6.07, 6.45) is 4.84. The molecule has 0 saturated heterocycles. The lowest BCUT2D eigenvalue weighted by Gasteiger charge is -2.28. The minimum Gasteiger partial charge on any atom is -0.376 e. The molecule has 4 N–H and O–H groups in total. The molecule has 1 amide bonds. The molecular formula is C9H18N2O2. The summed E-state index contributed by atoms with van der Waals surface area (Å²) < 4.78 is 5.48. The summed E-state index contributed by atoms with van der Waals surface area (Å²) in [6, 6.07) is 0.140. The smallest absolute Gasteiger partial charge is 0.219 e. The van der Waals surface area contributed by atoms with Crippen molar-refractivity contribution in [1.29, 1.82) is 0 Å². The Morgan fingerprint density at radius 1 is 1.38 bits per heavy atom. The summed E-state index contributed by atoms with van der Waals surface area (Å²) in [5.41, 5.74) is 10.8. The molecule has 1 saturated carbocycles. The molecule has 0 heterocycles. The summed E-state index contributed by atoms with van der Waals surface area (Å²) in [5.74, 6) is -0.315. The van der Waals surface area contributed by atoms with Gasteiger partial charge in [-0.2, -0.15) is 0 Å². The lowest BCUT2D eigenvalue weighted by Crippen LogP contribution is -2.39. The van der Waals surface area contributed by atoms with Gasteiger partial charge in [-0.25, -0.2) is 0 Å². The van der Waals surface area contributed by atoms with Crippen LogP contribution in [0.4, 0.5) is 0 Å². The topological polar surface area (TPSA) is 78.3 Å².